The van der Waals surface area contributed by atoms with Crippen LogP contribution < -0.4 is 11.1 Å². The van der Waals surface area contributed by atoms with Gasteiger partial charge in [-0.2, -0.15) is 16.8 Å². The third-order valence-electron chi connectivity index (χ3n) is 5.29. The summed E-state index contributed by atoms with van der Waals surface area (Å²) in [6, 6.07) is 7.76. The Balaban J connectivity index is 2.42. The summed E-state index contributed by atoms with van der Waals surface area (Å²) < 4.78 is 73.7. The monoisotopic (exact) mass is 534 g/mol. The number of rotatable bonds is 5. The van der Waals surface area contributed by atoms with E-state index in [4.69, 9.17) is 15.6 Å². The topological polar surface area (TPSA) is 246 Å². The highest BCUT2D eigenvalue weighted by Crippen LogP contribution is 2.45. The molecule has 1 aliphatic heterocycles. The summed E-state index contributed by atoms with van der Waals surface area (Å²) in [7, 11) is -10.3. The van der Waals surface area contributed by atoms with Crippen molar-refractivity contribution >= 4 is 48.8 Å². The van der Waals surface area contributed by atoms with Gasteiger partial charge in [0.05, 0.1) is 22.2 Å². The molecule has 1 aliphatic carbocycles. The normalized spacial score (nSPS) is 12.2. The van der Waals surface area contributed by atoms with Gasteiger partial charge in [0, 0.05) is 16.5 Å². The Morgan fingerprint density at radius 3 is 2.03 bits per heavy atom. The van der Waals surface area contributed by atoms with Crippen molar-refractivity contribution in [2.75, 3.05) is 5.73 Å². The summed E-state index contributed by atoms with van der Waals surface area (Å²) in [6.07, 6.45) is 0. The summed E-state index contributed by atoms with van der Waals surface area (Å²) in [6.45, 7) is 0. The summed E-state index contributed by atoms with van der Waals surface area (Å²) in [5.74, 6) is -4.04. The van der Waals surface area contributed by atoms with Gasteiger partial charge in [-0.05, 0) is 35.9 Å². The van der Waals surface area contributed by atoms with E-state index in [2.05, 4.69) is 0 Å². The highest BCUT2D eigenvalue weighted by molar-refractivity contribution is 7.86. The van der Waals surface area contributed by atoms with Gasteiger partial charge < -0.3 is 20.4 Å². The van der Waals surface area contributed by atoms with Crippen LogP contribution in [-0.4, -0.2) is 48.1 Å². The van der Waals surface area contributed by atoms with Crippen molar-refractivity contribution in [3.63, 3.8) is 0 Å². The first-order chi connectivity index (χ1) is 16.6. The molecule has 2 aromatic rings. The molecular weight excluding hydrogens is 520 g/mol. The molecule has 0 radical (unpaired) electrons. The number of aromatic carboxylic acids is 2. The highest BCUT2D eigenvalue weighted by atomic mass is 32.2. The molecule has 0 bridgehead atoms. The van der Waals surface area contributed by atoms with Gasteiger partial charge in [-0.15, -0.1) is 0 Å². The maximum atomic E-state index is 12.2. The second-order valence-electron chi connectivity index (χ2n) is 7.45. The molecule has 36 heavy (non-hydrogen) atoms. The molecule has 0 unspecified atom stereocenters. The van der Waals surface area contributed by atoms with Crippen molar-refractivity contribution < 1.29 is 50.2 Å². The van der Waals surface area contributed by atoms with Gasteiger partial charge in [-0.3, -0.25) is 14.5 Å². The number of carboxylic acid groups (broad SMARTS) is 2. The van der Waals surface area contributed by atoms with Crippen LogP contribution in [0.25, 0.3) is 33.4 Å². The molecule has 0 atom stereocenters. The van der Waals surface area contributed by atoms with E-state index < -0.39 is 75.5 Å². The second kappa shape index (κ2) is 8.13. The van der Waals surface area contributed by atoms with E-state index in [1.807, 2.05) is 0 Å². The Labute approximate surface area is 201 Å². The number of fused-ring (bicyclic) bond motifs is 2. The van der Waals surface area contributed by atoms with Gasteiger partial charge in [-0.25, -0.2) is 9.59 Å². The Morgan fingerprint density at radius 2 is 1.47 bits per heavy atom. The van der Waals surface area contributed by atoms with Crippen LogP contribution >= 0.6 is 0 Å². The van der Waals surface area contributed by atoms with Crippen molar-refractivity contribution in [3.05, 3.63) is 58.9 Å². The Bertz CT molecular complexity index is 1870. The lowest BCUT2D eigenvalue weighted by atomic mass is 9.88. The van der Waals surface area contributed by atoms with E-state index in [-0.39, 0.29) is 22.1 Å². The van der Waals surface area contributed by atoms with Crippen molar-refractivity contribution in [2.45, 2.75) is 9.79 Å². The third-order valence-corrected chi connectivity index (χ3v) is 7.15. The molecule has 0 spiro atoms. The van der Waals surface area contributed by atoms with Crippen LogP contribution in [-0.2, 0) is 20.2 Å². The zero-order valence-corrected chi connectivity index (χ0v) is 19.2. The number of hydrogen-bond acceptors (Lipinski definition) is 9. The maximum Gasteiger partial charge on any atom is 0.337 e. The first-order valence-electron chi connectivity index (χ1n) is 9.56. The van der Waals surface area contributed by atoms with Gasteiger partial charge >= 0.3 is 11.9 Å². The Hall–Kier alpha value is -4.31. The minimum absolute atomic E-state index is 0.201. The van der Waals surface area contributed by atoms with Crippen molar-refractivity contribution in [2.24, 2.45) is 0 Å². The molecule has 4 rings (SSSR count). The van der Waals surface area contributed by atoms with Crippen molar-refractivity contribution in [3.8, 4) is 22.5 Å². The van der Waals surface area contributed by atoms with E-state index >= 15 is 0 Å². The van der Waals surface area contributed by atoms with E-state index in [9.17, 15) is 45.7 Å². The fourth-order valence-corrected chi connectivity index (χ4v) is 5.45. The zero-order chi connectivity index (χ0) is 26.7. The molecule has 0 fully saturated rings. The lowest BCUT2D eigenvalue weighted by molar-refractivity contribution is 0.0652. The summed E-state index contributed by atoms with van der Waals surface area (Å²) in [5, 5.41) is 26.4. The number of nitrogens with one attached hydrogen (secondary N) is 1. The van der Waals surface area contributed by atoms with E-state index in [0.29, 0.717) is 0 Å². The molecule has 0 amide bonds. The van der Waals surface area contributed by atoms with Crippen LogP contribution in [0, 0.1) is 5.41 Å². The van der Waals surface area contributed by atoms with Gasteiger partial charge in [0.25, 0.3) is 20.2 Å². The molecule has 1 heterocycles. The predicted molar refractivity (Wildman–Crippen MR) is 122 cm³/mol. The number of nitrogens with two attached hydrogens (primary N) is 1. The predicted octanol–water partition coefficient (Wildman–Crippen LogP) is 2.16. The highest BCUT2D eigenvalue weighted by Gasteiger charge is 2.32. The SMILES string of the molecule is N=c1ccc2c(-c3cccc(C(=O)O)c3C(=O)O)c3ccc(N)c(S(=O)(=O)O)c3oc-2c1S(=O)(=O)O. The Kier molecular flexibility index (Phi) is 5.60. The fourth-order valence-electron chi connectivity index (χ4n) is 3.97. The van der Waals surface area contributed by atoms with Crippen LogP contribution in [0.1, 0.15) is 20.7 Å². The number of anilines is 1. The quantitative estimate of drug-likeness (QED) is 0.122. The van der Waals surface area contributed by atoms with Gasteiger partial charge in [0.15, 0.2) is 21.1 Å². The Morgan fingerprint density at radius 1 is 0.833 bits per heavy atom. The maximum absolute atomic E-state index is 12.2. The van der Waals surface area contributed by atoms with E-state index in [0.717, 1.165) is 24.3 Å². The summed E-state index contributed by atoms with van der Waals surface area (Å²) in [5.41, 5.74) is 2.37. The van der Waals surface area contributed by atoms with E-state index in [1.54, 1.807) is 0 Å². The molecule has 13 nitrogen and oxygen atoms in total. The van der Waals surface area contributed by atoms with Gasteiger partial charge in [0.2, 0.25) is 0 Å². The molecule has 2 aromatic carbocycles. The largest absolute Gasteiger partial charge is 0.478 e. The van der Waals surface area contributed by atoms with Crippen molar-refractivity contribution in [1.29, 1.82) is 5.41 Å². The van der Waals surface area contributed by atoms with Crippen LogP contribution in [0.4, 0.5) is 5.69 Å². The lowest BCUT2D eigenvalue weighted by Gasteiger charge is -2.20. The number of nitrogen functional groups attached to an aromatic ring is 1. The second-order valence-corrected chi connectivity index (χ2v) is 10.2. The van der Waals surface area contributed by atoms with Crippen LogP contribution in [0.2, 0.25) is 0 Å². The van der Waals surface area contributed by atoms with Gasteiger partial charge in [-0.1, -0.05) is 12.1 Å². The smallest absolute Gasteiger partial charge is 0.337 e. The number of carbonyl (C=O) groups is 2. The van der Waals surface area contributed by atoms with Gasteiger partial charge in [0.1, 0.15) is 0 Å². The minimum atomic E-state index is -5.17. The lowest BCUT2D eigenvalue weighted by Crippen LogP contribution is -2.17. The average molecular weight is 534 g/mol. The average Bonchev–Trinajstić information content (AvgIpc) is 2.74. The van der Waals surface area contributed by atoms with E-state index in [1.165, 1.54) is 18.2 Å². The van der Waals surface area contributed by atoms with Crippen LogP contribution in [0.15, 0.2) is 56.7 Å². The molecule has 0 saturated heterocycles. The number of carboxylic acids is 2. The fraction of sp³-hybridized carbons (Fsp3) is 0. The first kappa shape index (κ1) is 24.8. The first-order valence-corrected chi connectivity index (χ1v) is 12.4. The number of hydrogen-bond donors (Lipinski definition) is 6. The van der Waals surface area contributed by atoms with Crippen molar-refractivity contribution in [1.82, 2.24) is 0 Å². The van der Waals surface area contributed by atoms with Crippen LogP contribution in [0.3, 0.4) is 0 Å². The number of benzene rings is 3. The molecule has 2 aliphatic rings. The summed E-state index contributed by atoms with van der Waals surface area (Å²) >= 11 is 0. The minimum Gasteiger partial charge on any atom is -0.478 e. The molecule has 186 valence electrons. The molecular formula is C21H14N2O11S2. The standard InChI is InChI=1S/C21H14N2O11S2/c22-12-6-4-9-14(8-2-1-3-11(20(24)25)15(8)21(26)27)10-5-7-13(23)19(36(31,32)33)17(10)34-16(9)18(12)35(28,29)30/h1-7,22H,23H2,(H,24,25)(H,26,27)(H,28,29,30)(H,31,32,33). The van der Waals surface area contributed by atoms with Crippen LogP contribution in [0.5, 0.6) is 0 Å². The molecule has 7 N–H and O–H groups in total. The third kappa shape index (κ3) is 3.85. The molecule has 0 saturated carbocycles. The molecule has 0 aromatic heterocycles. The molecule has 15 heteroatoms. The summed E-state index contributed by atoms with van der Waals surface area (Å²) in [4.78, 5) is 21.8. The zero-order valence-electron chi connectivity index (χ0n) is 17.6.